The van der Waals surface area contributed by atoms with Crippen LogP contribution in [0.3, 0.4) is 0 Å². The van der Waals surface area contributed by atoms with Crippen LogP contribution in [0.2, 0.25) is 0 Å². The van der Waals surface area contributed by atoms with Gasteiger partial charge >= 0.3 is 10.2 Å². The molecule has 0 atom stereocenters. The summed E-state index contributed by atoms with van der Waals surface area (Å²) in [4.78, 5) is 8.07. The van der Waals surface area contributed by atoms with Crippen LogP contribution in [0.4, 0.5) is 0 Å². The first-order chi connectivity index (χ1) is 8.62. The van der Waals surface area contributed by atoms with E-state index in [1.807, 2.05) is 4.72 Å². The first-order valence-corrected chi connectivity index (χ1v) is 7.97. The highest BCUT2D eigenvalue weighted by molar-refractivity contribution is 7.94. The second kappa shape index (κ2) is 5.22. The van der Waals surface area contributed by atoms with Crippen LogP contribution < -0.4 is 4.72 Å². The van der Waals surface area contributed by atoms with E-state index in [0.29, 0.717) is 0 Å². The summed E-state index contributed by atoms with van der Waals surface area (Å²) in [6.07, 6.45) is 0.851. The van der Waals surface area contributed by atoms with Crippen LogP contribution in [0.15, 0.2) is 39.6 Å². The fourth-order valence-corrected chi connectivity index (χ4v) is 3.96. The monoisotopic (exact) mass is 304 g/mol. The Labute approximate surface area is 111 Å². The molecule has 7 nitrogen and oxygen atoms in total. The van der Waals surface area contributed by atoms with Crippen molar-refractivity contribution >= 4 is 26.1 Å². The first-order valence-electron chi connectivity index (χ1n) is 5.05. The molecular formula is C10H12N2O5S2. The molecule has 0 aliphatic carbocycles. The molecule has 104 valence electrons. The Hall–Kier alpha value is -1.54. The van der Waals surface area contributed by atoms with Gasteiger partial charge in [0, 0.05) is 0 Å². The van der Waals surface area contributed by atoms with Gasteiger partial charge in [-0.25, -0.2) is 13.2 Å². The topological polar surface area (TPSA) is 110 Å². The largest absolute Gasteiger partial charge is 0.331 e. The first kappa shape index (κ1) is 15.5. The fourth-order valence-electron chi connectivity index (χ4n) is 1.33. The molecule has 1 aromatic rings. The molecule has 0 aliphatic rings. The minimum atomic E-state index is -4.41. The highest BCUT2D eigenvalue weighted by atomic mass is 32.2. The van der Waals surface area contributed by atoms with E-state index in [9.17, 15) is 21.6 Å². The summed E-state index contributed by atoms with van der Waals surface area (Å²) in [5.41, 5.74) is 0. The molecule has 0 fully saturated rings. The zero-order chi connectivity index (χ0) is 14.7. The number of nitrogens with zero attached hydrogens (tertiary/aromatic N) is 1. The van der Waals surface area contributed by atoms with Crippen molar-refractivity contribution < 1.29 is 21.6 Å². The predicted octanol–water partition coefficient (Wildman–Crippen LogP) is 0.367. The number of hydrogen-bond acceptors (Lipinski definition) is 5. The van der Waals surface area contributed by atoms with Gasteiger partial charge in [0.1, 0.15) is 4.87 Å². The van der Waals surface area contributed by atoms with Gasteiger partial charge in [0.15, 0.2) is 9.84 Å². The predicted molar refractivity (Wildman–Crippen MR) is 67.9 cm³/mol. The van der Waals surface area contributed by atoms with Crippen molar-refractivity contribution in [3.05, 3.63) is 30.3 Å². The molecule has 0 bridgehead atoms. The van der Waals surface area contributed by atoms with Gasteiger partial charge in [-0.3, -0.25) is 0 Å². The van der Waals surface area contributed by atoms with E-state index in [1.54, 1.807) is 6.07 Å². The summed E-state index contributed by atoms with van der Waals surface area (Å²) in [7, 11) is -8.38. The quantitative estimate of drug-likeness (QED) is 0.624. The Morgan fingerprint density at radius 2 is 1.63 bits per heavy atom. The summed E-state index contributed by atoms with van der Waals surface area (Å²) in [5.74, 6) is 0. The molecule has 1 N–H and O–H groups in total. The third-order valence-corrected chi connectivity index (χ3v) is 5.81. The number of nitrogens with one attached hydrogen (secondary N) is 1. The number of isocyanates is 1. The van der Waals surface area contributed by atoms with E-state index < -0.39 is 24.9 Å². The number of rotatable bonds is 5. The molecule has 0 aliphatic heterocycles. The second-order valence-corrected chi connectivity index (χ2v) is 7.92. The van der Waals surface area contributed by atoms with Crippen LogP contribution in [0.5, 0.6) is 0 Å². The van der Waals surface area contributed by atoms with Crippen molar-refractivity contribution in [3.8, 4) is 0 Å². The van der Waals surface area contributed by atoms with Crippen LogP contribution in [-0.2, 0) is 24.8 Å². The van der Waals surface area contributed by atoms with E-state index in [-0.39, 0.29) is 4.90 Å². The average Bonchev–Trinajstić information content (AvgIpc) is 2.28. The van der Waals surface area contributed by atoms with Crippen molar-refractivity contribution in [2.75, 3.05) is 0 Å². The third-order valence-electron chi connectivity index (χ3n) is 2.26. The van der Waals surface area contributed by atoms with Gasteiger partial charge in [-0.2, -0.15) is 13.1 Å². The van der Waals surface area contributed by atoms with E-state index >= 15 is 0 Å². The Morgan fingerprint density at radius 3 is 2.11 bits per heavy atom. The molecule has 9 heteroatoms. The van der Waals surface area contributed by atoms with Crippen molar-refractivity contribution in [2.24, 2.45) is 4.40 Å². The van der Waals surface area contributed by atoms with Crippen molar-refractivity contribution in [2.45, 2.75) is 23.6 Å². The number of benzene rings is 1. The second-order valence-electron chi connectivity index (χ2n) is 4.09. The molecule has 0 amide bonds. The van der Waals surface area contributed by atoms with Crippen LogP contribution in [0.25, 0.3) is 0 Å². The summed E-state index contributed by atoms with van der Waals surface area (Å²) in [6, 6.07) is 7.34. The molecule has 0 heterocycles. The third kappa shape index (κ3) is 3.48. The molecule has 0 aromatic heterocycles. The maximum Gasteiger partial charge on any atom is 0.331 e. The van der Waals surface area contributed by atoms with Crippen molar-refractivity contribution in [1.82, 2.24) is 4.72 Å². The Morgan fingerprint density at radius 1 is 1.11 bits per heavy atom. The van der Waals surface area contributed by atoms with E-state index in [4.69, 9.17) is 0 Å². The summed E-state index contributed by atoms with van der Waals surface area (Å²) >= 11 is 0. The van der Waals surface area contributed by atoms with Gasteiger partial charge in [0.2, 0.25) is 0 Å². The van der Waals surface area contributed by atoms with Crippen LogP contribution >= 0.6 is 0 Å². The zero-order valence-electron chi connectivity index (χ0n) is 10.2. The standard InChI is InChI=1S/C10H12N2O5S2/c1-10(2,12-19(16,17)11-8-13)18(14,15)9-6-4-3-5-7-9/h3-7,12H,1-2H3. The van der Waals surface area contributed by atoms with Gasteiger partial charge in [-0.15, -0.1) is 0 Å². The lowest BCUT2D eigenvalue weighted by molar-refractivity contribution is 0.514. The summed E-state index contributed by atoms with van der Waals surface area (Å²) < 4.78 is 51.5. The van der Waals surface area contributed by atoms with E-state index in [0.717, 1.165) is 19.9 Å². The number of carbonyl (C=O) groups excluding carboxylic acids is 1. The maximum atomic E-state index is 12.3. The highest BCUT2D eigenvalue weighted by Crippen LogP contribution is 2.23. The van der Waals surface area contributed by atoms with Gasteiger partial charge in [0.25, 0.3) is 6.08 Å². The van der Waals surface area contributed by atoms with Crippen LogP contribution in [0.1, 0.15) is 13.8 Å². The van der Waals surface area contributed by atoms with Crippen LogP contribution in [0, 0.1) is 0 Å². The maximum absolute atomic E-state index is 12.3. The molecule has 0 saturated carbocycles. The minimum Gasteiger partial charge on any atom is -0.222 e. The normalized spacial score (nSPS) is 12.7. The lowest BCUT2D eigenvalue weighted by Gasteiger charge is -2.24. The van der Waals surface area contributed by atoms with E-state index in [2.05, 4.69) is 4.40 Å². The Kier molecular flexibility index (Phi) is 4.26. The van der Waals surface area contributed by atoms with Gasteiger partial charge in [-0.05, 0) is 26.0 Å². The lowest BCUT2D eigenvalue weighted by Crippen LogP contribution is -2.48. The average molecular weight is 304 g/mol. The molecule has 0 unspecified atom stereocenters. The molecule has 0 saturated heterocycles. The smallest absolute Gasteiger partial charge is 0.222 e. The zero-order valence-corrected chi connectivity index (χ0v) is 11.8. The van der Waals surface area contributed by atoms with Gasteiger partial charge < -0.3 is 0 Å². The van der Waals surface area contributed by atoms with Gasteiger partial charge in [-0.1, -0.05) is 22.6 Å². The molecule has 1 rings (SSSR count). The molecule has 0 spiro atoms. The van der Waals surface area contributed by atoms with E-state index in [1.165, 1.54) is 24.3 Å². The highest BCUT2D eigenvalue weighted by Gasteiger charge is 2.39. The van der Waals surface area contributed by atoms with Gasteiger partial charge in [0.05, 0.1) is 4.90 Å². The Balaban J connectivity index is 3.24. The minimum absolute atomic E-state index is 0.0437. The molecule has 19 heavy (non-hydrogen) atoms. The van der Waals surface area contributed by atoms with Crippen molar-refractivity contribution in [3.63, 3.8) is 0 Å². The molecular weight excluding hydrogens is 292 g/mol. The SMILES string of the molecule is CC(C)(NS(=O)(=O)N=C=O)S(=O)(=O)c1ccccc1. The summed E-state index contributed by atoms with van der Waals surface area (Å²) in [5, 5.41) is 0. The lowest BCUT2D eigenvalue weighted by atomic mass is 10.4. The number of sulfone groups is 1. The summed E-state index contributed by atoms with van der Waals surface area (Å²) in [6.45, 7) is 2.32. The Bertz CT molecular complexity index is 702. The fraction of sp³-hybridized carbons (Fsp3) is 0.300. The van der Waals surface area contributed by atoms with Crippen molar-refractivity contribution in [1.29, 1.82) is 0 Å². The molecule has 0 radical (unpaired) electrons. The number of hydrogen-bond donors (Lipinski definition) is 1. The van der Waals surface area contributed by atoms with Crippen LogP contribution in [-0.4, -0.2) is 27.8 Å². The molecule has 1 aromatic carbocycles.